The Hall–Kier alpha value is -0.960. The van der Waals surface area contributed by atoms with Crippen molar-refractivity contribution in [2.24, 2.45) is 0 Å². The zero-order chi connectivity index (χ0) is 7.72. The fourth-order valence-corrected chi connectivity index (χ4v) is 0.803. The molecule has 0 atom stereocenters. The average molecular weight is 158 g/mol. The molecule has 0 aliphatic carbocycles. The molecular formula is C6H8ClN3. The van der Waals surface area contributed by atoms with Crippen molar-refractivity contribution < 1.29 is 0 Å². The van der Waals surface area contributed by atoms with Crippen LogP contribution in [0.15, 0.2) is 6.07 Å². The predicted molar refractivity (Wildman–Crippen MR) is 42.8 cm³/mol. The Morgan fingerprint density at radius 2 is 2.10 bits per heavy atom. The van der Waals surface area contributed by atoms with Crippen LogP contribution in [0.25, 0.3) is 0 Å². The number of rotatable bonds is 0. The van der Waals surface area contributed by atoms with E-state index < -0.39 is 0 Å². The molecule has 0 aromatic carbocycles. The van der Waals surface area contributed by atoms with Crippen molar-refractivity contribution in [2.45, 2.75) is 6.92 Å². The number of hydrogen-bond acceptors (Lipinski definition) is 3. The predicted octanol–water partition coefficient (Wildman–Crippen LogP) is 1.21. The van der Waals surface area contributed by atoms with E-state index in [1.54, 1.807) is 6.92 Å². The van der Waals surface area contributed by atoms with Gasteiger partial charge in [-0.15, -0.1) is 0 Å². The maximum absolute atomic E-state index is 5.71. The zero-order valence-corrected chi connectivity index (χ0v) is 6.31. The number of aromatic nitrogens is 1. The molecule has 1 aromatic heterocycles. The van der Waals surface area contributed by atoms with E-state index in [-0.39, 0.29) is 0 Å². The van der Waals surface area contributed by atoms with E-state index in [1.807, 2.05) is 0 Å². The average Bonchev–Trinajstić information content (AvgIpc) is 1.82. The van der Waals surface area contributed by atoms with Crippen LogP contribution in [0.5, 0.6) is 0 Å². The lowest BCUT2D eigenvalue weighted by Gasteiger charge is -2.01. The fraction of sp³-hybridized carbons (Fsp3) is 0.167. The minimum atomic E-state index is 0.402. The third-order valence-corrected chi connectivity index (χ3v) is 1.66. The summed E-state index contributed by atoms with van der Waals surface area (Å²) in [4.78, 5) is 3.90. The van der Waals surface area contributed by atoms with Crippen LogP contribution in [0.3, 0.4) is 0 Å². The van der Waals surface area contributed by atoms with Gasteiger partial charge in [-0.25, -0.2) is 4.98 Å². The van der Waals surface area contributed by atoms with Gasteiger partial charge in [0.2, 0.25) is 0 Å². The summed E-state index contributed by atoms with van der Waals surface area (Å²) in [5, 5.41) is 0.481. The molecule has 1 heterocycles. The van der Waals surface area contributed by atoms with Crippen molar-refractivity contribution in [1.82, 2.24) is 4.98 Å². The Morgan fingerprint density at radius 3 is 2.60 bits per heavy atom. The second-order valence-electron chi connectivity index (χ2n) is 2.04. The van der Waals surface area contributed by atoms with Crippen LogP contribution < -0.4 is 11.5 Å². The molecule has 0 amide bonds. The molecule has 0 radical (unpaired) electrons. The van der Waals surface area contributed by atoms with Gasteiger partial charge in [0.25, 0.3) is 0 Å². The third kappa shape index (κ3) is 1.14. The number of halogens is 1. The SMILES string of the molecule is Cc1nc(N)cc(N)c1Cl. The third-order valence-electron chi connectivity index (χ3n) is 1.17. The lowest BCUT2D eigenvalue weighted by molar-refractivity contribution is 1.21. The van der Waals surface area contributed by atoms with E-state index in [0.717, 1.165) is 0 Å². The molecule has 0 aliphatic rings. The summed E-state index contributed by atoms with van der Waals surface area (Å²) in [6.07, 6.45) is 0. The van der Waals surface area contributed by atoms with E-state index in [4.69, 9.17) is 23.1 Å². The maximum atomic E-state index is 5.71. The first-order valence-corrected chi connectivity index (χ1v) is 3.17. The standard InChI is InChI=1S/C6H8ClN3/c1-3-6(7)4(8)2-5(9)10-3/h2H,1H3,(H4,8,9,10). The highest BCUT2D eigenvalue weighted by Crippen LogP contribution is 2.22. The summed E-state index contributed by atoms with van der Waals surface area (Å²) in [6, 6.07) is 1.54. The summed E-state index contributed by atoms with van der Waals surface area (Å²) in [5.74, 6) is 0.402. The van der Waals surface area contributed by atoms with Crippen LogP contribution >= 0.6 is 11.6 Å². The lowest BCUT2D eigenvalue weighted by atomic mass is 10.3. The first-order valence-electron chi connectivity index (χ1n) is 2.79. The van der Waals surface area contributed by atoms with Crippen molar-refractivity contribution in [3.05, 3.63) is 16.8 Å². The van der Waals surface area contributed by atoms with Crippen LogP contribution in [0.2, 0.25) is 5.02 Å². The number of nitrogens with zero attached hydrogens (tertiary/aromatic N) is 1. The van der Waals surface area contributed by atoms with Gasteiger partial charge in [-0.2, -0.15) is 0 Å². The Kier molecular flexibility index (Phi) is 1.68. The smallest absolute Gasteiger partial charge is 0.125 e. The van der Waals surface area contributed by atoms with E-state index in [2.05, 4.69) is 4.98 Å². The molecule has 0 aliphatic heterocycles. The van der Waals surface area contributed by atoms with E-state index in [9.17, 15) is 0 Å². The van der Waals surface area contributed by atoms with Crippen molar-refractivity contribution >= 4 is 23.1 Å². The Balaban J connectivity index is 3.31. The number of pyridine rings is 1. The molecule has 0 bridgehead atoms. The van der Waals surface area contributed by atoms with E-state index in [0.29, 0.717) is 22.2 Å². The number of nitrogen functional groups attached to an aromatic ring is 2. The van der Waals surface area contributed by atoms with Gasteiger partial charge in [-0.1, -0.05) is 11.6 Å². The highest BCUT2D eigenvalue weighted by atomic mass is 35.5. The van der Waals surface area contributed by atoms with Crippen molar-refractivity contribution in [3.63, 3.8) is 0 Å². The molecule has 54 valence electrons. The van der Waals surface area contributed by atoms with Gasteiger partial charge in [0.05, 0.1) is 16.4 Å². The zero-order valence-electron chi connectivity index (χ0n) is 5.56. The molecule has 0 fully saturated rings. The van der Waals surface area contributed by atoms with Crippen LogP contribution in [-0.4, -0.2) is 4.98 Å². The number of hydrogen-bond donors (Lipinski definition) is 2. The molecule has 0 saturated carbocycles. The maximum Gasteiger partial charge on any atom is 0.125 e. The minimum Gasteiger partial charge on any atom is -0.397 e. The van der Waals surface area contributed by atoms with Crippen LogP contribution in [0, 0.1) is 6.92 Å². The Bertz CT molecular complexity index is 236. The minimum absolute atomic E-state index is 0.402. The van der Waals surface area contributed by atoms with Crippen molar-refractivity contribution in [2.75, 3.05) is 11.5 Å². The molecule has 10 heavy (non-hydrogen) atoms. The molecule has 3 nitrogen and oxygen atoms in total. The molecule has 0 unspecified atom stereocenters. The first kappa shape index (κ1) is 7.15. The van der Waals surface area contributed by atoms with Gasteiger partial charge >= 0.3 is 0 Å². The van der Waals surface area contributed by atoms with Gasteiger partial charge in [0, 0.05) is 6.07 Å². The largest absolute Gasteiger partial charge is 0.397 e. The van der Waals surface area contributed by atoms with E-state index >= 15 is 0 Å². The highest BCUT2D eigenvalue weighted by Gasteiger charge is 2.01. The number of anilines is 2. The normalized spacial score (nSPS) is 9.80. The van der Waals surface area contributed by atoms with Crippen LogP contribution in [-0.2, 0) is 0 Å². The summed E-state index contributed by atoms with van der Waals surface area (Å²) in [7, 11) is 0. The van der Waals surface area contributed by atoms with Crippen molar-refractivity contribution in [3.8, 4) is 0 Å². The van der Waals surface area contributed by atoms with Crippen molar-refractivity contribution in [1.29, 1.82) is 0 Å². The number of nitrogens with two attached hydrogens (primary N) is 2. The quantitative estimate of drug-likeness (QED) is 0.595. The molecule has 0 spiro atoms. The number of aryl methyl sites for hydroxylation is 1. The summed E-state index contributed by atoms with van der Waals surface area (Å²) in [5.41, 5.74) is 12.0. The first-order chi connectivity index (χ1) is 4.61. The van der Waals surface area contributed by atoms with Gasteiger partial charge in [0.1, 0.15) is 5.82 Å². The monoisotopic (exact) mass is 157 g/mol. The van der Waals surface area contributed by atoms with Crippen LogP contribution in [0.1, 0.15) is 5.69 Å². The van der Waals surface area contributed by atoms with Gasteiger partial charge in [-0.3, -0.25) is 0 Å². The van der Waals surface area contributed by atoms with Gasteiger partial charge < -0.3 is 11.5 Å². The molecule has 1 rings (SSSR count). The van der Waals surface area contributed by atoms with Gasteiger partial charge in [-0.05, 0) is 6.92 Å². The topological polar surface area (TPSA) is 64.9 Å². The van der Waals surface area contributed by atoms with Gasteiger partial charge in [0.15, 0.2) is 0 Å². The molecule has 4 heteroatoms. The molecule has 1 aromatic rings. The molecule has 4 N–H and O–H groups in total. The van der Waals surface area contributed by atoms with Crippen LogP contribution in [0.4, 0.5) is 11.5 Å². The Labute approximate surface area is 64.0 Å². The second-order valence-corrected chi connectivity index (χ2v) is 2.41. The Morgan fingerprint density at radius 1 is 1.50 bits per heavy atom. The molecular weight excluding hydrogens is 150 g/mol. The molecule has 0 saturated heterocycles. The lowest BCUT2D eigenvalue weighted by Crippen LogP contribution is -1.96. The summed E-state index contributed by atoms with van der Waals surface area (Å²) in [6.45, 7) is 1.76. The highest BCUT2D eigenvalue weighted by molar-refractivity contribution is 6.33. The second kappa shape index (κ2) is 2.34. The summed E-state index contributed by atoms with van der Waals surface area (Å²) >= 11 is 5.71. The summed E-state index contributed by atoms with van der Waals surface area (Å²) < 4.78 is 0. The fourth-order valence-electron chi connectivity index (χ4n) is 0.707. The van der Waals surface area contributed by atoms with E-state index in [1.165, 1.54) is 6.07 Å².